The van der Waals surface area contributed by atoms with E-state index in [4.69, 9.17) is 0 Å². The van der Waals surface area contributed by atoms with E-state index in [2.05, 4.69) is 47.3 Å². The van der Waals surface area contributed by atoms with Crippen LogP contribution in [0.15, 0.2) is 30.5 Å². The van der Waals surface area contributed by atoms with E-state index >= 15 is 0 Å². The smallest absolute Gasteiger partial charge is 0.0483 e. The monoisotopic (exact) mass is 290 g/mol. The van der Waals surface area contributed by atoms with Crippen LogP contribution in [0.2, 0.25) is 0 Å². The first kappa shape index (κ1) is 15.5. The van der Waals surface area contributed by atoms with E-state index < -0.39 is 0 Å². The summed E-state index contributed by atoms with van der Waals surface area (Å²) in [6.45, 7) is 4.47. The van der Waals surface area contributed by atoms with Crippen LogP contribution in [0.5, 0.6) is 0 Å². The maximum atomic E-state index is 3.22. The molecule has 1 aromatic heterocycles. The quantitative estimate of drug-likeness (QED) is 0.705. The van der Waals surface area contributed by atoms with Gasteiger partial charge in [0.05, 0.1) is 0 Å². The van der Waals surface area contributed by atoms with Crippen LogP contribution < -0.4 is 5.32 Å². The number of fused-ring (bicyclic) bond motifs is 1. The van der Waals surface area contributed by atoms with Crippen molar-refractivity contribution in [3.8, 4) is 0 Å². The summed E-state index contributed by atoms with van der Waals surface area (Å²) in [5.41, 5.74) is 2.91. The van der Waals surface area contributed by atoms with Crippen LogP contribution in [-0.4, -0.2) is 29.7 Å². The summed E-state index contributed by atoms with van der Waals surface area (Å²) in [4.78, 5) is 0. The molecule has 0 bridgehead atoms. The van der Waals surface area contributed by atoms with E-state index in [0.29, 0.717) is 0 Å². The number of thioether (sulfide) groups is 1. The first-order valence-corrected chi connectivity index (χ1v) is 8.81. The molecule has 2 aromatic rings. The predicted molar refractivity (Wildman–Crippen MR) is 91.8 cm³/mol. The lowest BCUT2D eigenvalue weighted by atomic mass is 10.1. The molecule has 0 aliphatic carbocycles. The molecule has 0 amide bonds. The van der Waals surface area contributed by atoms with Gasteiger partial charge in [-0.2, -0.15) is 11.8 Å². The van der Waals surface area contributed by atoms with Gasteiger partial charge in [-0.15, -0.1) is 0 Å². The summed E-state index contributed by atoms with van der Waals surface area (Å²) < 4.78 is 2.44. The zero-order chi connectivity index (χ0) is 14.2. The van der Waals surface area contributed by atoms with Crippen LogP contribution in [0.3, 0.4) is 0 Å². The summed E-state index contributed by atoms with van der Waals surface area (Å²) in [7, 11) is 2.03. The van der Waals surface area contributed by atoms with Gasteiger partial charge in [0, 0.05) is 29.4 Å². The van der Waals surface area contributed by atoms with Crippen molar-refractivity contribution in [3.63, 3.8) is 0 Å². The summed E-state index contributed by atoms with van der Waals surface area (Å²) in [6.07, 6.45) is 6.08. The molecule has 0 aliphatic rings. The highest BCUT2D eigenvalue weighted by molar-refractivity contribution is 7.99. The third kappa shape index (κ3) is 4.03. The van der Waals surface area contributed by atoms with Gasteiger partial charge in [-0.05, 0) is 50.2 Å². The Morgan fingerprint density at radius 2 is 2.05 bits per heavy atom. The van der Waals surface area contributed by atoms with E-state index in [0.717, 1.165) is 13.1 Å². The van der Waals surface area contributed by atoms with Crippen molar-refractivity contribution in [2.45, 2.75) is 32.7 Å². The maximum absolute atomic E-state index is 3.22. The molecule has 1 heterocycles. The molecule has 2 nitrogen and oxygen atoms in total. The number of aryl methyl sites for hydroxylation is 2. The van der Waals surface area contributed by atoms with E-state index in [9.17, 15) is 0 Å². The second-order valence-electron chi connectivity index (χ2n) is 5.12. The van der Waals surface area contributed by atoms with Crippen molar-refractivity contribution in [1.29, 1.82) is 0 Å². The Morgan fingerprint density at radius 1 is 1.20 bits per heavy atom. The molecule has 0 fully saturated rings. The number of unbranched alkanes of at least 4 members (excludes halogenated alkanes) is 1. The number of hydrogen-bond donors (Lipinski definition) is 1. The van der Waals surface area contributed by atoms with Crippen LogP contribution in [0.4, 0.5) is 0 Å². The number of nitrogens with zero attached hydrogens (tertiary/aromatic N) is 1. The number of para-hydroxylation sites is 1. The van der Waals surface area contributed by atoms with Crippen LogP contribution in [0.25, 0.3) is 10.9 Å². The second kappa shape index (κ2) is 8.38. The molecule has 0 radical (unpaired) electrons. The number of rotatable bonds is 9. The zero-order valence-corrected chi connectivity index (χ0v) is 13.5. The largest absolute Gasteiger partial charge is 0.346 e. The van der Waals surface area contributed by atoms with E-state index in [1.54, 1.807) is 0 Å². The first-order valence-electron chi connectivity index (χ1n) is 7.66. The van der Waals surface area contributed by atoms with Gasteiger partial charge in [0.2, 0.25) is 0 Å². The van der Waals surface area contributed by atoms with Gasteiger partial charge in [0.15, 0.2) is 0 Å². The highest BCUT2D eigenvalue weighted by Crippen LogP contribution is 2.23. The molecular weight excluding hydrogens is 264 g/mol. The van der Waals surface area contributed by atoms with Crippen LogP contribution in [0, 0.1) is 0 Å². The molecular formula is C17H26N2S. The summed E-state index contributed by atoms with van der Waals surface area (Å²) in [6, 6.07) is 8.83. The molecule has 0 aliphatic heterocycles. The first-order chi connectivity index (χ1) is 9.86. The second-order valence-corrected chi connectivity index (χ2v) is 6.52. The Labute approximate surface area is 126 Å². The van der Waals surface area contributed by atoms with Gasteiger partial charge < -0.3 is 9.88 Å². The number of nitrogens with one attached hydrogen (secondary N) is 1. The van der Waals surface area contributed by atoms with Gasteiger partial charge >= 0.3 is 0 Å². The van der Waals surface area contributed by atoms with Gasteiger partial charge in [0.25, 0.3) is 0 Å². The van der Waals surface area contributed by atoms with Gasteiger partial charge in [0.1, 0.15) is 0 Å². The molecule has 1 aromatic carbocycles. The normalized spacial score (nSPS) is 11.3. The fourth-order valence-corrected chi connectivity index (χ4v) is 3.25. The van der Waals surface area contributed by atoms with Crippen LogP contribution >= 0.6 is 11.8 Å². The van der Waals surface area contributed by atoms with E-state index in [1.807, 2.05) is 18.8 Å². The van der Waals surface area contributed by atoms with E-state index in [1.165, 1.54) is 47.2 Å². The minimum atomic E-state index is 1.12. The van der Waals surface area contributed by atoms with Crippen LogP contribution in [0.1, 0.15) is 25.3 Å². The minimum absolute atomic E-state index is 1.12. The Bertz CT molecular complexity index is 519. The SMILES string of the molecule is CCSCCn1cc(CCCCNC)c2ccccc21. The third-order valence-electron chi connectivity index (χ3n) is 3.67. The van der Waals surface area contributed by atoms with Gasteiger partial charge in [-0.1, -0.05) is 25.1 Å². The molecule has 1 N–H and O–H groups in total. The van der Waals surface area contributed by atoms with Crippen molar-refractivity contribution in [2.75, 3.05) is 25.1 Å². The number of hydrogen-bond acceptors (Lipinski definition) is 2. The highest BCUT2D eigenvalue weighted by Gasteiger charge is 2.07. The summed E-state index contributed by atoms with van der Waals surface area (Å²) in [5.74, 6) is 2.41. The lowest BCUT2D eigenvalue weighted by Crippen LogP contribution is -2.07. The zero-order valence-electron chi connectivity index (χ0n) is 12.7. The van der Waals surface area contributed by atoms with Crippen LogP contribution in [-0.2, 0) is 13.0 Å². The van der Waals surface area contributed by atoms with Crippen molar-refractivity contribution in [3.05, 3.63) is 36.0 Å². The highest BCUT2D eigenvalue weighted by atomic mass is 32.2. The molecule has 20 heavy (non-hydrogen) atoms. The molecule has 110 valence electrons. The maximum Gasteiger partial charge on any atom is 0.0483 e. The Hall–Kier alpha value is -0.930. The Morgan fingerprint density at radius 3 is 2.85 bits per heavy atom. The number of aromatic nitrogens is 1. The molecule has 2 rings (SSSR count). The van der Waals surface area contributed by atoms with Gasteiger partial charge in [-0.25, -0.2) is 0 Å². The molecule has 0 saturated carbocycles. The number of benzene rings is 1. The lowest BCUT2D eigenvalue weighted by molar-refractivity contribution is 0.676. The Balaban J connectivity index is 2.09. The van der Waals surface area contributed by atoms with E-state index in [-0.39, 0.29) is 0 Å². The lowest BCUT2D eigenvalue weighted by Gasteiger charge is -2.03. The summed E-state index contributed by atoms with van der Waals surface area (Å²) >= 11 is 2.02. The van der Waals surface area contributed by atoms with Crippen molar-refractivity contribution < 1.29 is 0 Å². The fourth-order valence-electron chi connectivity index (χ4n) is 2.63. The molecule has 0 atom stereocenters. The fraction of sp³-hybridized carbons (Fsp3) is 0.529. The van der Waals surface area contributed by atoms with Crippen molar-refractivity contribution in [2.24, 2.45) is 0 Å². The average molecular weight is 290 g/mol. The predicted octanol–water partition coefficient (Wildman–Crippen LogP) is 3.94. The van der Waals surface area contributed by atoms with Crippen molar-refractivity contribution in [1.82, 2.24) is 9.88 Å². The average Bonchev–Trinajstić information content (AvgIpc) is 2.83. The third-order valence-corrected chi connectivity index (χ3v) is 4.55. The molecule has 0 spiro atoms. The standard InChI is InChI=1S/C17H26N2S/c1-3-20-13-12-19-14-15(8-6-7-11-18-2)16-9-4-5-10-17(16)19/h4-5,9-10,14,18H,3,6-8,11-13H2,1-2H3. The summed E-state index contributed by atoms with van der Waals surface area (Å²) in [5, 5.41) is 4.67. The molecule has 3 heteroatoms. The van der Waals surface area contributed by atoms with Crippen molar-refractivity contribution >= 4 is 22.7 Å². The minimum Gasteiger partial charge on any atom is -0.346 e. The topological polar surface area (TPSA) is 17.0 Å². The Kier molecular flexibility index (Phi) is 6.48. The molecule has 0 unspecified atom stereocenters. The molecule has 0 saturated heterocycles. The van der Waals surface area contributed by atoms with Gasteiger partial charge in [-0.3, -0.25) is 0 Å².